The molecule has 0 saturated heterocycles. The standard InChI is InChI=1S/C4H12N4O2/c1-5-3-4-7(2)8(10)6-9/h5,9H,3-4H2,1-2H3/b8-6-. The third-order valence-corrected chi connectivity index (χ3v) is 1.05. The first-order valence-corrected chi connectivity index (χ1v) is 2.90. The van der Waals surface area contributed by atoms with Crippen molar-refractivity contribution < 1.29 is 10.2 Å². The molecule has 6 nitrogen and oxygen atoms in total. The van der Waals surface area contributed by atoms with Crippen LogP contribution in [-0.4, -0.2) is 42.4 Å². The second-order valence-corrected chi connectivity index (χ2v) is 1.83. The maximum absolute atomic E-state index is 10.4. The molecule has 0 rings (SSSR count). The van der Waals surface area contributed by atoms with Crippen LogP contribution in [0.25, 0.3) is 0 Å². The maximum atomic E-state index is 10.4. The summed E-state index contributed by atoms with van der Waals surface area (Å²) in [5, 5.41) is 24.9. The van der Waals surface area contributed by atoms with Crippen molar-refractivity contribution in [2.75, 3.05) is 27.2 Å². The fraction of sp³-hybridized carbons (Fsp3) is 1.00. The molecule has 0 spiro atoms. The molecule has 0 aliphatic heterocycles. The first-order valence-electron chi connectivity index (χ1n) is 2.90. The van der Waals surface area contributed by atoms with Crippen LogP contribution in [0.15, 0.2) is 5.28 Å². The number of hydrogen-bond donors (Lipinski definition) is 2. The predicted molar refractivity (Wildman–Crippen MR) is 34.4 cm³/mol. The van der Waals surface area contributed by atoms with Crippen molar-refractivity contribution in [1.82, 2.24) is 10.3 Å². The van der Waals surface area contributed by atoms with Crippen LogP contribution in [0.4, 0.5) is 0 Å². The van der Waals surface area contributed by atoms with E-state index in [0.717, 1.165) is 0 Å². The van der Waals surface area contributed by atoms with Crippen LogP contribution >= 0.6 is 0 Å². The van der Waals surface area contributed by atoms with E-state index in [2.05, 4.69) is 10.6 Å². The molecule has 0 radical (unpaired) electrons. The van der Waals surface area contributed by atoms with Gasteiger partial charge in [0, 0.05) is 6.54 Å². The van der Waals surface area contributed by atoms with E-state index < -0.39 is 0 Å². The zero-order valence-electron chi connectivity index (χ0n) is 6.11. The zero-order valence-corrected chi connectivity index (χ0v) is 6.11. The summed E-state index contributed by atoms with van der Waals surface area (Å²) in [6, 6.07) is 0. The number of nitrogens with one attached hydrogen (secondary N) is 1. The van der Waals surface area contributed by atoms with Gasteiger partial charge < -0.3 is 15.7 Å². The molecule has 0 fully saturated rings. The molecule has 0 bridgehead atoms. The normalized spacial score (nSPS) is 11.6. The fourth-order valence-electron chi connectivity index (χ4n) is 0.427. The highest BCUT2D eigenvalue weighted by molar-refractivity contribution is 4.39. The fourth-order valence-corrected chi connectivity index (χ4v) is 0.427. The maximum Gasteiger partial charge on any atom is 0.230 e. The highest BCUT2D eigenvalue weighted by atomic mass is 16.6. The van der Waals surface area contributed by atoms with Gasteiger partial charge in [-0.25, -0.2) is 0 Å². The number of hydrogen-bond acceptors (Lipinski definition) is 3. The number of hydrazine groups is 1. The van der Waals surface area contributed by atoms with E-state index in [9.17, 15) is 5.21 Å². The molecule has 0 aromatic heterocycles. The minimum Gasteiger partial charge on any atom is -0.569 e. The Morgan fingerprint density at radius 1 is 1.80 bits per heavy atom. The van der Waals surface area contributed by atoms with Crippen LogP contribution in [0.5, 0.6) is 0 Å². The molecule has 6 heteroatoms. The Bertz CT molecular complexity index is 116. The van der Waals surface area contributed by atoms with Gasteiger partial charge in [0.25, 0.3) is 0 Å². The van der Waals surface area contributed by atoms with Gasteiger partial charge in [-0.3, -0.25) is 0 Å². The number of nitrogens with zero attached hydrogens (tertiary/aromatic N) is 3. The summed E-state index contributed by atoms with van der Waals surface area (Å²) in [6.07, 6.45) is 0. The molecule has 0 aromatic carbocycles. The molecule has 0 aliphatic carbocycles. The lowest BCUT2D eigenvalue weighted by Gasteiger charge is -2.10. The highest BCUT2D eigenvalue weighted by Crippen LogP contribution is 1.81. The van der Waals surface area contributed by atoms with Gasteiger partial charge in [-0.2, -0.15) is 0 Å². The molecule has 10 heavy (non-hydrogen) atoms. The van der Waals surface area contributed by atoms with E-state index in [4.69, 9.17) is 5.21 Å². The summed E-state index contributed by atoms with van der Waals surface area (Å²) in [7, 11) is 3.31. The van der Waals surface area contributed by atoms with Gasteiger partial charge in [0.2, 0.25) is 5.28 Å². The largest absolute Gasteiger partial charge is 0.569 e. The summed E-state index contributed by atoms with van der Waals surface area (Å²) in [6.45, 7) is 1.18. The van der Waals surface area contributed by atoms with Gasteiger partial charge in [0.05, 0.1) is 18.6 Å². The zero-order chi connectivity index (χ0) is 7.98. The van der Waals surface area contributed by atoms with E-state index in [1.165, 1.54) is 12.1 Å². The Balaban J connectivity index is 3.51. The van der Waals surface area contributed by atoms with Crippen LogP contribution < -0.4 is 5.32 Å². The van der Waals surface area contributed by atoms with E-state index in [1.54, 1.807) is 7.05 Å². The molecule has 0 aliphatic rings. The predicted octanol–water partition coefficient (Wildman–Crippen LogP) is -0.596. The van der Waals surface area contributed by atoms with Gasteiger partial charge in [-0.05, 0) is 7.05 Å². The molecule has 0 saturated carbocycles. The lowest BCUT2D eigenvalue weighted by Crippen LogP contribution is -2.32. The lowest BCUT2D eigenvalue weighted by atomic mass is 10.6. The Morgan fingerprint density at radius 2 is 2.40 bits per heavy atom. The first-order chi connectivity index (χ1) is 4.72. The molecule has 0 aromatic rings. The molecule has 60 valence electrons. The third-order valence-electron chi connectivity index (χ3n) is 1.05. The summed E-state index contributed by atoms with van der Waals surface area (Å²) in [5.74, 6) is 0. The molecule has 0 unspecified atom stereocenters. The van der Waals surface area contributed by atoms with Crippen molar-refractivity contribution in [3.8, 4) is 0 Å². The van der Waals surface area contributed by atoms with Crippen molar-refractivity contribution in [2.45, 2.75) is 0 Å². The van der Waals surface area contributed by atoms with Crippen molar-refractivity contribution >= 4 is 0 Å². The molecule has 0 atom stereocenters. The van der Waals surface area contributed by atoms with E-state index in [0.29, 0.717) is 13.1 Å². The monoisotopic (exact) mass is 148 g/mol. The van der Waals surface area contributed by atoms with Crippen molar-refractivity contribution in [2.24, 2.45) is 5.28 Å². The topological polar surface area (TPSA) is 73.9 Å². The van der Waals surface area contributed by atoms with Gasteiger partial charge in [0.15, 0.2) is 0 Å². The number of likely N-dealkylation sites (N-methyl/N-ethyl adjacent to an activating group) is 2. The van der Waals surface area contributed by atoms with Gasteiger partial charge >= 0.3 is 0 Å². The van der Waals surface area contributed by atoms with Gasteiger partial charge in [-0.1, -0.05) is 0 Å². The van der Waals surface area contributed by atoms with Gasteiger partial charge in [0.1, 0.15) is 0 Å². The lowest BCUT2D eigenvalue weighted by molar-refractivity contribution is -0.703. The van der Waals surface area contributed by atoms with E-state index in [-0.39, 0.29) is 4.97 Å². The van der Waals surface area contributed by atoms with Crippen molar-refractivity contribution in [3.63, 3.8) is 0 Å². The Hall–Kier alpha value is -1.04. The van der Waals surface area contributed by atoms with Crippen molar-refractivity contribution in [1.29, 1.82) is 0 Å². The average molecular weight is 148 g/mol. The van der Waals surface area contributed by atoms with Gasteiger partial charge in [-0.15, -0.1) is 5.01 Å². The Labute approximate surface area is 59.3 Å². The molecule has 2 N–H and O–H groups in total. The van der Waals surface area contributed by atoms with Crippen LogP contribution in [0.1, 0.15) is 0 Å². The quantitative estimate of drug-likeness (QED) is 0.317. The van der Waals surface area contributed by atoms with Crippen LogP contribution in [0.2, 0.25) is 0 Å². The minimum atomic E-state index is 0.122. The second-order valence-electron chi connectivity index (χ2n) is 1.83. The molecular weight excluding hydrogens is 136 g/mol. The van der Waals surface area contributed by atoms with Crippen LogP contribution in [0, 0.1) is 5.21 Å². The minimum absolute atomic E-state index is 0.122. The van der Waals surface area contributed by atoms with E-state index in [1.807, 2.05) is 0 Å². The molecule has 0 amide bonds. The van der Waals surface area contributed by atoms with Crippen LogP contribution in [0.3, 0.4) is 0 Å². The summed E-state index contributed by atoms with van der Waals surface area (Å²) in [5.41, 5.74) is 0. The second kappa shape index (κ2) is 4.80. The molecular formula is C4H12N4O2. The summed E-state index contributed by atoms with van der Waals surface area (Å²) < 4.78 is 0. The third kappa shape index (κ3) is 3.08. The molecule has 0 heterocycles. The first kappa shape index (κ1) is 8.96. The summed E-state index contributed by atoms with van der Waals surface area (Å²) >= 11 is 0. The van der Waals surface area contributed by atoms with E-state index >= 15 is 0 Å². The Morgan fingerprint density at radius 3 is 2.80 bits per heavy atom. The average Bonchev–Trinajstić information content (AvgIpc) is 1.98. The van der Waals surface area contributed by atoms with Crippen molar-refractivity contribution in [3.05, 3.63) is 5.21 Å². The smallest absolute Gasteiger partial charge is 0.230 e. The SMILES string of the molecule is CNCCN(C)/[N+]([O-])=N/O. The van der Waals surface area contributed by atoms with Crippen LogP contribution in [-0.2, 0) is 0 Å². The number of rotatable bonds is 4. The Kier molecular flexibility index (Phi) is 4.30. The highest BCUT2D eigenvalue weighted by Gasteiger charge is 2.02. The summed E-state index contributed by atoms with van der Waals surface area (Å²) in [4.78, 5) is 0.122.